The van der Waals surface area contributed by atoms with Gasteiger partial charge < -0.3 is 10.4 Å². The Morgan fingerprint density at radius 3 is 2.71 bits per heavy atom. The number of nitrogens with one attached hydrogen (secondary N) is 1. The maximum absolute atomic E-state index is 13.1. The number of hydrogen-bond donors (Lipinski definition) is 2. The molecule has 0 unspecified atom stereocenters. The summed E-state index contributed by atoms with van der Waals surface area (Å²) < 4.78 is 39.4. The Morgan fingerprint density at radius 1 is 1.16 bits per heavy atom. The van der Waals surface area contributed by atoms with Crippen molar-refractivity contribution in [3.63, 3.8) is 0 Å². The molecule has 5 rings (SSSR count). The molecular weight excluding hydrogens is 401 g/mol. The van der Waals surface area contributed by atoms with Gasteiger partial charge in [0.2, 0.25) is 0 Å². The van der Waals surface area contributed by atoms with Gasteiger partial charge >= 0.3 is 6.18 Å². The van der Waals surface area contributed by atoms with Crippen molar-refractivity contribution in [2.75, 3.05) is 13.1 Å². The minimum Gasteiger partial charge on any atom is -0.508 e. The van der Waals surface area contributed by atoms with Crippen LogP contribution in [0.2, 0.25) is 0 Å². The molecule has 2 aromatic carbocycles. The molecule has 0 aromatic heterocycles. The summed E-state index contributed by atoms with van der Waals surface area (Å²) in [6.45, 7) is 4.77. The molecule has 6 heteroatoms. The summed E-state index contributed by atoms with van der Waals surface area (Å²) in [4.78, 5) is 2.60. The number of alkyl halides is 3. The SMILES string of the molecule is C[C@@]12CCN(CC3CC3)[C@H](Cc3ccc(O)cc31)[C@@H]2NCc1cccc(C(F)(F)F)c1. The van der Waals surface area contributed by atoms with Crippen LogP contribution in [0.1, 0.15) is 48.4 Å². The maximum atomic E-state index is 13.1. The second kappa shape index (κ2) is 7.52. The van der Waals surface area contributed by atoms with Crippen LogP contribution in [0.5, 0.6) is 5.75 Å². The number of piperidine rings is 1. The quantitative estimate of drug-likeness (QED) is 0.711. The van der Waals surface area contributed by atoms with Crippen LogP contribution in [0.4, 0.5) is 13.2 Å². The molecule has 2 aliphatic carbocycles. The van der Waals surface area contributed by atoms with Crippen molar-refractivity contribution in [1.29, 1.82) is 0 Å². The molecule has 0 radical (unpaired) electrons. The van der Waals surface area contributed by atoms with Crippen LogP contribution in [-0.2, 0) is 24.6 Å². The second-order valence-corrected chi connectivity index (χ2v) is 9.78. The fourth-order valence-corrected chi connectivity index (χ4v) is 5.69. The Kier molecular flexibility index (Phi) is 5.05. The van der Waals surface area contributed by atoms with Gasteiger partial charge in [-0.15, -0.1) is 0 Å². The number of likely N-dealkylation sites (tertiary alicyclic amines) is 1. The van der Waals surface area contributed by atoms with Crippen LogP contribution >= 0.6 is 0 Å². The zero-order valence-electron chi connectivity index (χ0n) is 17.8. The first kappa shape index (κ1) is 20.8. The first-order chi connectivity index (χ1) is 14.7. The summed E-state index contributed by atoms with van der Waals surface area (Å²) in [5.74, 6) is 1.06. The van der Waals surface area contributed by atoms with E-state index in [-0.39, 0.29) is 17.2 Å². The van der Waals surface area contributed by atoms with Gasteiger partial charge in [-0.05, 0) is 73.0 Å². The van der Waals surface area contributed by atoms with E-state index in [1.165, 1.54) is 36.1 Å². The lowest BCUT2D eigenvalue weighted by Crippen LogP contribution is -2.67. The number of benzene rings is 2. The van der Waals surface area contributed by atoms with Gasteiger partial charge in [-0.3, -0.25) is 4.90 Å². The molecule has 166 valence electrons. The largest absolute Gasteiger partial charge is 0.508 e. The Balaban J connectivity index is 1.44. The monoisotopic (exact) mass is 430 g/mol. The molecule has 3 aliphatic rings. The average molecular weight is 431 g/mol. The van der Waals surface area contributed by atoms with E-state index in [4.69, 9.17) is 0 Å². The van der Waals surface area contributed by atoms with Gasteiger partial charge in [0.05, 0.1) is 5.56 Å². The number of phenols is 1. The molecule has 1 heterocycles. The van der Waals surface area contributed by atoms with Gasteiger partial charge in [-0.25, -0.2) is 0 Å². The van der Waals surface area contributed by atoms with Gasteiger partial charge in [0, 0.05) is 30.6 Å². The van der Waals surface area contributed by atoms with Crippen molar-refractivity contribution in [3.8, 4) is 5.75 Å². The molecule has 31 heavy (non-hydrogen) atoms. The summed E-state index contributed by atoms with van der Waals surface area (Å²) in [5, 5.41) is 13.8. The fraction of sp³-hybridized carbons (Fsp3) is 0.520. The molecule has 2 fully saturated rings. The molecule has 1 saturated carbocycles. The van der Waals surface area contributed by atoms with Gasteiger partial charge in [0.25, 0.3) is 0 Å². The predicted molar refractivity (Wildman–Crippen MR) is 114 cm³/mol. The lowest BCUT2D eigenvalue weighted by atomic mass is 9.61. The molecule has 0 spiro atoms. The molecule has 3 nitrogen and oxygen atoms in total. The molecule has 2 bridgehead atoms. The fourth-order valence-electron chi connectivity index (χ4n) is 5.69. The second-order valence-electron chi connectivity index (χ2n) is 9.78. The van der Waals surface area contributed by atoms with Crippen molar-refractivity contribution in [2.24, 2.45) is 5.92 Å². The lowest BCUT2D eigenvalue weighted by molar-refractivity contribution is -0.137. The minimum atomic E-state index is -4.33. The molecule has 1 saturated heterocycles. The van der Waals surface area contributed by atoms with E-state index in [1.54, 1.807) is 12.1 Å². The number of nitrogens with zero attached hydrogens (tertiary/aromatic N) is 1. The molecular formula is C25H29F3N2O. The number of aromatic hydroxyl groups is 1. The summed E-state index contributed by atoms with van der Waals surface area (Å²) in [6.07, 6.45) is 0.131. The highest BCUT2D eigenvalue weighted by molar-refractivity contribution is 5.45. The third kappa shape index (κ3) is 3.96. The highest BCUT2D eigenvalue weighted by atomic mass is 19.4. The highest BCUT2D eigenvalue weighted by Gasteiger charge is 2.51. The van der Waals surface area contributed by atoms with Crippen LogP contribution in [0.3, 0.4) is 0 Å². The number of fused-ring (bicyclic) bond motifs is 4. The van der Waals surface area contributed by atoms with Crippen molar-refractivity contribution < 1.29 is 18.3 Å². The number of phenolic OH excluding ortho intramolecular Hbond substituents is 1. The highest BCUT2D eigenvalue weighted by Crippen LogP contribution is 2.47. The number of halogens is 3. The Morgan fingerprint density at radius 2 is 1.97 bits per heavy atom. The lowest BCUT2D eigenvalue weighted by Gasteiger charge is -2.56. The van der Waals surface area contributed by atoms with Crippen molar-refractivity contribution in [2.45, 2.75) is 62.8 Å². The van der Waals surface area contributed by atoms with Crippen molar-refractivity contribution in [3.05, 3.63) is 64.7 Å². The van der Waals surface area contributed by atoms with Crippen LogP contribution in [-0.4, -0.2) is 35.2 Å². The molecule has 2 N–H and O–H groups in total. The van der Waals surface area contributed by atoms with E-state index in [9.17, 15) is 18.3 Å². The zero-order chi connectivity index (χ0) is 21.8. The first-order valence-electron chi connectivity index (χ1n) is 11.2. The Labute approximate surface area is 181 Å². The van der Waals surface area contributed by atoms with E-state index in [0.717, 1.165) is 37.9 Å². The molecule has 2 aromatic rings. The van der Waals surface area contributed by atoms with Crippen LogP contribution < -0.4 is 5.32 Å². The maximum Gasteiger partial charge on any atom is 0.416 e. The Hall–Kier alpha value is -2.05. The summed E-state index contributed by atoms with van der Waals surface area (Å²) >= 11 is 0. The smallest absolute Gasteiger partial charge is 0.416 e. The van der Waals surface area contributed by atoms with E-state index in [0.29, 0.717) is 18.2 Å². The third-order valence-corrected chi connectivity index (χ3v) is 7.57. The van der Waals surface area contributed by atoms with Gasteiger partial charge in [0.1, 0.15) is 5.75 Å². The van der Waals surface area contributed by atoms with Crippen molar-refractivity contribution in [1.82, 2.24) is 10.2 Å². The number of hydrogen-bond acceptors (Lipinski definition) is 3. The van der Waals surface area contributed by atoms with E-state index >= 15 is 0 Å². The summed E-state index contributed by atoms with van der Waals surface area (Å²) in [7, 11) is 0. The normalized spacial score (nSPS) is 28.4. The Bertz CT molecular complexity index is 971. The standard InChI is InChI=1S/C25H29F3N2O/c1-24-9-10-30(15-16-5-6-16)22(12-18-7-8-20(31)13-21(18)24)23(24)29-14-17-3-2-4-19(11-17)25(26,27)28/h2-4,7-8,11,13,16,22-23,29,31H,5-6,9-10,12,14-15H2,1H3/t22-,23+,24-/m1/s1. The molecule has 3 atom stereocenters. The zero-order valence-corrected chi connectivity index (χ0v) is 17.8. The molecule has 1 aliphatic heterocycles. The van der Waals surface area contributed by atoms with E-state index in [1.807, 2.05) is 12.1 Å². The number of rotatable bonds is 5. The van der Waals surface area contributed by atoms with Gasteiger partial charge in [0.15, 0.2) is 0 Å². The van der Waals surface area contributed by atoms with Crippen molar-refractivity contribution >= 4 is 0 Å². The topological polar surface area (TPSA) is 35.5 Å². The summed E-state index contributed by atoms with van der Waals surface area (Å²) in [6, 6.07) is 11.7. The van der Waals surface area contributed by atoms with Gasteiger partial charge in [-0.2, -0.15) is 13.2 Å². The van der Waals surface area contributed by atoms with E-state index in [2.05, 4.69) is 17.1 Å². The van der Waals surface area contributed by atoms with Crippen LogP contribution in [0.25, 0.3) is 0 Å². The molecule has 0 amide bonds. The van der Waals surface area contributed by atoms with Crippen LogP contribution in [0, 0.1) is 5.92 Å². The van der Waals surface area contributed by atoms with E-state index < -0.39 is 11.7 Å². The predicted octanol–water partition coefficient (Wildman–Crippen LogP) is 4.87. The first-order valence-corrected chi connectivity index (χ1v) is 11.2. The van der Waals surface area contributed by atoms with Gasteiger partial charge in [-0.1, -0.05) is 31.2 Å². The summed E-state index contributed by atoms with van der Waals surface area (Å²) in [5.41, 5.74) is 2.33. The van der Waals surface area contributed by atoms with Crippen LogP contribution in [0.15, 0.2) is 42.5 Å². The third-order valence-electron chi connectivity index (χ3n) is 7.57. The minimum absolute atomic E-state index is 0.115. The average Bonchev–Trinajstić information content (AvgIpc) is 3.54.